The molecule has 6 aromatic rings. The monoisotopic (exact) mass is 494 g/mol. The molecule has 0 atom stereocenters. The van der Waals surface area contributed by atoms with Crippen molar-refractivity contribution in [1.29, 1.82) is 0 Å². The highest BCUT2D eigenvalue weighted by atomic mass is 32.1. The Labute approximate surface area is 214 Å². The van der Waals surface area contributed by atoms with Crippen molar-refractivity contribution in [2.24, 2.45) is 5.92 Å². The van der Waals surface area contributed by atoms with Gasteiger partial charge in [-0.2, -0.15) is 0 Å². The van der Waals surface area contributed by atoms with Crippen LogP contribution in [0.15, 0.2) is 54.9 Å². The lowest BCUT2D eigenvalue weighted by Gasteiger charge is -2.23. The molecule has 0 aliphatic heterocycles. The first-order chi connectivity index (χ1) is 16.7. The molecule has 176 valence electrons. The van der Waals surface area contributed by atoms with Crippen LogP contribution in [0.1, 0.15) is 50.6 Å². The van der Waals surface area contributed by atoms with Crippen LogP contribution in [0.5, 0.6) is 0 Å². The molecule has 0 saturated carbocycles. The topological polar surface area (TPSA) is 25.8 Å². The summed E-state index contributed by atoms with van der Waals surface area (Å²) in [4.78, 5) is 12.2. The van der Waals surface area contributed by atoms with Gasteiger partial charge in [0.05, 0.1) is 5.69 Å². The maximum Gasteiger partial charge on any atom is 0.128 e. The molecule has 3 heterocycles. The minimum atomic E-state index is 0.0284. The zero-order chi connectivity index (χ0) is 24.5. The summed E-state index contributed by atoms with van der Waals surface area (Å²) in [6.07, 6.45) is 2.83. The Bertz CT molecular complexity index is 1750. The molecule has 4 heteroatoms. The zero-order valence-corrected chi connectivity index (χ0v) is 22.8. The summed E-state index contributed by atoms with van der Waals surface area (Å²) >= 11 is 3.71. The molecule has 0 amide bonds. The van der Waals surface area contributed by atoms with Crippen LogP contribution < -0.4 is 0 Å². The summed E-state index contributed by atoms with van der Waals surface area (Å²) < 4.78 is 2.67. The van der Waals surface area contributed by atoms with E-state index in [0.29, 0.717) is 5.92 Å². The quantitative estimate of drug-likeness (QED) is 0.245. The summed E-state index contributed by atoms with van der Waals surface area (Å²) in [6.45, 7) is 13.8. The Balaban J connectivity index is 1.75. The maximum absolute atomic E-state index is 4.93. The number of hydrogen-bond donors (Lipinski definition) is 0. The van der Waals surface area contributed by atoms with Crippen molar-refractivity contribution < 1.29 is 0 Å². The molecule has 6 rings (SSSR count). The number of nitrogens with zero attached hydrogens (tertiary/aromatic N) is 2. The highest BCUT2D eigenvalue weighted by Crippen LogP contribution is 2.46. The predicted octanol–water partition coefficient (Wildman–Crippen LogP) is 9.68. The lowest BCUT2D eigenvalue weighted by molar-refractivity contribution is 0.596. The molecule has 0 aliphatic carbocycles. The number of rotatable bonds is 3. The molecule has 0 radical (unpaired) electrons. The summed E-state index contributed by atoms with van der Waals surface area (Å²) in [6, 6.07) is 18.0. The van der Waals surface area contributed by atoms with Crippen LogP contribution in [0.2, 0.25) is 0 Å². The highest BCUT2D eigenvalue weighted by molar-refractivity contribution is 7.26. The molecule has 0 saturated heterocycles. The number of hydrogen-bond acceptors (Lipinski definition) is 4. The molecule has 0 spiro atoms. The molecule has 35 heavy (non-hydrogen) atoms. The Kier molecular flexibility index (Phi) is 5.24. The third-order valence-corrected chi connectivity index (χ3v) is 9.12. The van der Waals surface area contributed by atoms with Crippen LogP contribution in [0.25, 0.3) is 52.4 Å². The maximum atomic E-state index is 4.93. The number of benzene rings is 3. The number of fused-ring (bicyclic) bond motifs is 6. The van der Waals surface area contributed by atoms with Gasteiger partial charge in [0, 0.05) is 36.0 Å². The molecule has 0 aliphatic rings. The molecule has 0 bridgehead atoms. The lowest BCUT2D eigenvalue weighted by Crippen LogP contribution is -2.12. The Morgan fingerprint density at radius 2 is 1.60 bits per heavy atom. The fourth-order valence-electron chi connectivity index (χ4n) is 5.40. The normalized spacial score (nSPS) is 12.7. The van der Waals surface area contributed by atoms with Crippen LogP contribution in [0.3, 0.4) is 0 Å². The second kappa shape index (κ2) is 8.11. The average molecular weight is 495 g/mol. The van der Waals surface area contributed by atoms with E-state index in [9.17, 15) is 0 Å². The van der Waals surface area contributed by atoms with E-state index in [1.807, 2.05) is 11.3 Å². The van der Waals surface area contributed by atoms with E-state index < -0.39 is 0 Å². The van der Waals surface area contributed by atoms with Crippen molar-refractivity contribution >= 4 is 63.8 Å². The smallest absolute Gasteiger partial charge is 0.128 e. The van der Waals surface area contributed by atoms with Gasteiger partial charge in [0.15, 0.2) is 0 Å². The molecular weight excluding hydrogens is 464 g/mol. The summed E-state index contributed by atoms with van der Waals surface area (Å²) in [5.41, 5.74) is 5.10. The van der Waals surface area contributed by atoms with Gasteiger partial charge in [-0.05, 0) is 70.8 Å². The van der Waals surface area contributed by atoms with Crippen LogP contribution in [0.4, 0.5) is 0 Å². The Morgan fingerprint density at radius 1 is 0.857 bits per heavy atom. The first-order valence-electron chi connectivity index (χ1n) is 12.3. The second-order valence-corrected chi connectivity index (χ2v) is 13.3. The predicted molar refractivity (Wildman–Crippen MR) is 155 cm³/mol. The van der Waals surface area contributed by atoms with Crippen molar-refractivity contribution in [2.45, 2.75) is 53.4 Å². The lowest BCUT2D eigenvalue weighted by atomic mass is 9.82. The van der Waals surface area contributed by atoms with E-state index in [1.54, 1.807) is 17.7 Å². The minimum absolute atomic E-state index is 0.0284. The van der Waals surface area contributed by atoms with E-state index in [2.05, 4.69) is 90.1 Å². The zero-order valence-electron chi connectivity index (χ0n) is 21.2. The van der Waals surface area contributed by atoms with E-state index in [-0.39, 0.29) is 5.41 Å². The van der Waals surface area contributed by atoms with Gasteiger partial charge in [0.1, 0.15) is 11.2 Å². The molecule has 2 nitrogen and oxygen atoms in total. The summed E-state index contributed by atoms with van der Waals surface area (Å²) in [5.74, 6) is 0.609. The van der Waals surface area contributed by atoms with Crippen LogP contribution >= 0.6 is 22.7 Å². The van der Waals surface area contributed by atoms with Crippen molar-refractivity contribution in [1.82, 2.24) is 9.97 Å². The first-order valence-corrected chi connectivity index (χ1v) is 14.0. The number of thiophene rings is 2. The molecule has 3 aromatic heterocycles. The van der Waals surface area contributed by atoms with Gasteiger partial charge in [-0.3, -0.25) is 0 Å². The van der Waals surface area contributed by atoms with Crippen LogP contribution in [0, 0.1) is 12.8 Å². The Hall–Kier alpha value is -2.82. The van der Waals surface area contributed by atoms with Crippen LogP contribution in [-0.2, 0) is 11.8 Å². The molecule has 0 unspecified atom stereocenters. The molecule has 0 N–H and O–H groups in total. The van der Waals surface area contributed by atoms with Crippen molar-refractivity contribution in [3.63, 3.8) is 0 Å². The van der Waals surface area contributed by atoms with E-state index >= 15 is 0 Å². The number of aromatic nitrogens is 2. The van der Waals surface area contributed by atoms with Crippen molar-refractivity contribution in [2.75, 3.05) is 0 Å². The van der Waals surface area contributed by atoms with Crippen molar-refractivity contribution in [3.05, 3.63) is 70.9 Å². The van der Waals surface area contributed by atoms with Gasteiger partial charge >= 0.3 is 0 Å². The summed E-state index contributed by atoms with van der Waals surface area (Å²) in [5, 5.41) is 6.54. The van der Waals surface area contributed by atoms with Crippen molar-refractivity contribution in [3.8, 4) is 11.3 Å². The van der Waals surface area contributed by atoms with E-state index in [1.165, 1.54) is 57.9 Å². The third kappa shape index (κ3) is 3.66. The van der Waals surface area contributed by atoms with Gasteiger partial charge in [-0.1, -0.05) is 58.9 Å². The average Bonchev–Trinajstić information content (AvgIpc) is 3.34. The highest BCUT2D eigenvalue weighted by Gasteiger charge is 2.23. The van der Waals surface area contributed by atoms with E-state index in [0.717, 1.165) is 16.9 Å². The van der Waals surface area contributed by atoms with Gasteiger partial charge in [-0.25, -0.2) is 9.97 Å². The van der Waals surface area contributed by atoms with Gasteiger partial charge in [0.2, 0.25) is 0 Å². The molecular formula is C31H30N2S2. The second-order valence-electron chi connectivity index (χ2n) is 11.0. The standard InChI is InChI=1S/C31H30N2S2/c1-17(2)13-22-18(3)34-24-11-12-25-27(26(22)24)28-29(32-16-33-30(28)35-25)20-14-19-9-7-8-10-21(19)23(15-20)31(4,5)6/h7-12,14-17H,13H2,1-6H3. The fourth-order valence-corrected chi connectivity index (χ4v) is 7.56. The summed E-state index contributed by atoms with van der Waals surface area (Å²) in [7, 11) is 0. The fraction of sp³-hybridized carbons (Fsp3) is 0.290. The molecule has 0 fully saturated rings. The Morgan fingerprint density at radius 3 is 2.34 bits per heavy atom. The number of aryl methyl sites for hydroxylation is 1. The minimum Gasteiger partial charge on any atom is -0.236 e. The SMILES string of the molecule is Cc1sc2ccc3sc4ncnc(-c5cc(C(C)(C)C)c6ccccc6c5)c4c3c2c1CC(C)C. The van der Waals surface area contributed by atoms with Crippen LogP contribution in [-0.4, -0.2) is 9.97 Å². The first kappa shape index (κ1) is 22.6. The van der Waals surface area contributed by atoms with Gasteiger partial charge < -0.3 is 0 Å². The largest absolute Gasteiger partial charge is 0.236 e. The molecule has 3 aromatic carbocycles. The third-order valence-electron chi connectivity index (χ3n) is 6.94. The van der Waals surface area contributed by atoms with E-state index in [4.69, 9.17) is 9.97 Å². The van der Waals surface area contributed by atoms with Gasteiger partial charge in [0.25, 0.3) is 0 Å². The van der Waals surface area contributed by atoms with Gasteiger partial charge in [-0.15, -0.1) is 22.7 Å².